The third kappa shape index (κ3) is 4.62. The first-order valence-corrected chi connectivity index (χ1v) is 8.99. The van der Waals surface area contributed by atoms with Gasteiger partial charge in [0.15, 0.2) is 0 Å². The number of hydrogen-bond acceptors (Lipinski definition) is 4. The van der Waals surface area contributed by atoms with Crippen LogP contribution in [0.5, 0.6) is 0 Å². The molecule has 0 saturated carbocycles. The standard InChI is InChI=1S/C18H32N2O4/c1-11(2)8-12-6-7-23-15-13(9-12)10-20(14(15)16(19)21)17(22)24-18(3,4)5/h11-15H,6-10H2,1-5H3,(H2,19,21)/t12-,13-,14-,15+/m0/s1. The van der Waals surface area contributed by atoms with Gasteiger partial charge in [0.05, 0.1) is 6.10 Å². The second-order valence-corrected chi connectivity index (χ2v) is 8.60. The van der Waals surface area contributed by atoms with Crippen LogP contribution < -0.4 is 5.73 Å². The Morgan fingerprint density at radius 3 is 2.54 bits per heavy atom. The van der Waals surface area contributed by atoms with E-state index in [4.69, 9.17) is 15.2 Å². The molecule has 138 valence electrons. The van der Waals surface area contributed by atoms with Crippen LogP contribution >= 0.6 is 0 Å². The Morgan fingerprint density at radius 2 is 2.00 bits per heavy atom. The second kappa shape index (κ2) is 7.30. The summed E-state index contributed by atoms with van der Waals surface area (Å²) in [4.78, 5) is 26.0. The molecule has 2 fully saturated rings. The van der Waals surface area contributed by atoms with Gasteiger partial charge >= 0.3 is 6.09 Å². The molecule has 2 rings (SSSR count). The minimum Gasteiger partial charge on any atom is -0.444 e. The van der Waals surface area contributed by atoms with Crippen molar-refractivity contribution in [1.29, 1.82) is 0 Å². The lowest BCUT2D eigenvalue weighted by molar-refractivity contribution is -0.126. The minimum atomic E-state index is -0.734. The molecule has 0 unspecified atom stereocenters. The number of amides is 2. The van der Waals surface area contributed by atoms with Crippen molar-refractivity contribution >= 4 is 12.0 Å². The summed E-state index contributed by atoms with van der Waals surface area (Å²) in [6.45, 7) is 11.0. The summed E-state index contributed by atoms with van der Waals surface area (Å²) < 4.78 is 11.4. The molecule has 0 spiro atoms. The number of rotatable bonds is 3. The average molecular weight is 340 g/mol. The van der Waals surface area contributed by atoms with Crippen LogP contribution in [0.25, 0.3) is 0 Å². The van der Waals surface area contributed by atoms with Gasteiger partial charge in [-0.25, -0.2) is 4.79 Å². The first-order chi connectivity index (χ1) is 11.1. The molecule has 6 heteroatoms. The monoisotopic (exact) mass is 340 g/mol. The number of primary amides is 1. The Hall–Kier alpha value is -1.30. The van der Waals surface area contributed by atoms with E-state index in [1.54, 1.807) is 0 Å². The summed E-state index contributed by atoms with van der Waals surface area (Å²) in [6.07, 6.45) is 2.31. The third-order valence-electron chi connectivity index (χ3n) is 4.74. The molecule has 2 N–H and O–H groups in total. The van der Waals surface area contributed by atoms with Crippen LogP contribution in [0, 0.1) is 17.8 Å². The first-order valence-electron chi connectivity index (χ1n) is 8.99. The van der Waals surface area contributed by atoms with Gasteiger partial charge in [-0.1, -0.05) is 13.8 Å². The van der Waals surface area contributed by atoms with Crippen LogP contribution in [0.15, 0.2) is 0 Å². The van der Waals surface area contributed by atoms with Crippen LogP contribution in [-0.2, 0) is 14.3 Å². The molecule has 0 radical (unpaired) electrons. The molecule has 2 aliphatic rings. The van der Waals surface area contributed by atoms with Crippen LogP contribution in [0.4, 0.5) is 4.79 Å². The van der Waals surface area contributed by atoms with E-state index in [1.165, 1.54) is 4.90 Å². The molecule has 2 aliphatic heterocycles. The van der Waals surface area contributed by atoms with Crippen molar-refractivity contribution in [1.82, 2.24) is 4.90 Å². The normalized spacial score (nSPS) is 30.8. The largest absolute Gasteiger partial charge is 0.444 e. The number of nitrogens with two attached hydrogens (primary N) is 1. The Morgan fingerprint density at radius 1 is 1.33 bits per heavy atom. The number of carbonyl (C=O) groups is 2. The summed E-state index contributed by atoms with van der Waals surface area (Å²) >= 11 is 0. The predicted octanol–water partition coefficient (Wildman–Crippen LogP) is 2.55. The van der Waals surface area contributed by atoms with Gasteiger partial charge in [-0.3, -0.25) is 9.69 Å². The predicted molar refractivity (Wildman–Crippen MR) is 91.3 cm³/mol. The summed E-state index contributed by atoms with van der Waals surface area (Å²) in [5.74, 6) is 0.811. The molecule has 0 aromatic carbocycles. The SMILES string of the molecule is CC(C)C[C@@H]1CCO[C@@H]2[C@@H](C1)CN(C(=O)OC(C)(C)C)[C@@H]2C(N)=O. The maximum atomic E-state index is 12.5. The zero-order chi connectivity index (χ0) is 18.1. The van der Waals surface area contributed by atoms with Crippen molar-refractivity contribution in [2.45, 2.75) is 71.6 Å². The molecule has 6 nitrogen and oxygen atoms in total. The van der Waals surface area contributed by atoms with Gasteiger partial charge in [-0.05, 0) is 51.9 Å². The average Bonchev–Trinajstić information content (AvgIpc) is 2.64. The fourth-order valence-corrected chi connectivity index (χ4v) is 3.96. The van der Waals surface area contributed by atoms with Gasteiger partial charge in [0.25, 0.3) is 0 Å². The number of likely N-dealkylation sites (tertiary alicyclic amines) is 1. The molecule has 24 heavy (non-hydrogen) atoms. The van der Waals surface area contributed by atoms with Crippen molar-refractivity contribution < 1.29 is 19.1 Å². The summed E-state index contributed by atoms with van der Waals surface area (Å²) in [5.41, 5.74) is 4.99. The Kier molecular flexibility index (Phi) is 5.78. The Bertz CT molecular complexity index is 472. The molecule has 0 aromatic rings. The molecule has 0 aliphatic carbocycles. The molecule has 4 atom stereocenters. The van der Waals surface area contributed by atoms with Crippen molar-refractivity contribution in [3.8, 4) is 0 Å². The highest BCUT2D eigenvalue weighted by Gasteiger charge is 2.50. The minimum absolute atomic E-state index is 0.140. The molecule has 2 heterocycles. The van der Waals surface area contributed by atoms with Crippen molar-refractivity contribution in [3.63, 3.8) is 0 Å². The van der Waals surface area contributed by atoms with Crippen molar-refractivity contribution in [2.75, 3.05) is 13.2 Å². The molecule has 2 amide bonds. The number of ether oxygens (including phenoxy) is 2. The van der Waals surface area contributed by atoms with Crippen LogP contribution in [0.1, 0.15) is 53.9 Å². The maximum absolute atomic E-state index is 12.5. The molecular formula is C18H32N2O4. The van der Waals surface area contributed by atoms with Gasteiger partial charge < -0.3 is 15.2 Å². The lowest BCUT2D eigenvalue weighted by Gasteiger charge is -2.28. The zero-order valence-corrected chi connectivity index (χ0v) is 15.6. The summed E-state index contributed by atoms with van der Waals surface area (Å²) in [7, 11) is 0. The highest BCUT2D eigenvalue weighted by molar-refractivity contribution is 5.85. The molecular weight excluding hydrogens is 308 g/mol. The zero-order valence-electron chi connectivity index (χ0n) is 15.6. The van der Waals surface area contributed by atoms with E-state index in [1.807, 2.05) is 20.8 Å². The van der Waals surface area contributed by atoms with Gasteiger partial charge in [0.1, 0.15) is 11.6 Å². The molecule has 0 aromatic heterocycles. The summed E-state index contributed by atoms with van der Waals surface area (Å²) in [5, 5.41) is 0. The van der Waals surface area contributed by atoms with Crippen LogP contribution in [-0.4, -0.2) is 47.8 Å². The third-order valence-corrected chi connectivity index (χ3v) is 4.74. The van der Waals surface area contributed by atoms with E-state index in [2.05, 4.69) is 13.8 Å². The molecule has 2 saturated heterocycles. The van der Waals surface area contributed by atoms with Gasteiger partial charge in [0, 0.05) is 19.1 Å². The number of fused-ring (bicyclic) bond motifs is 1. The van der Waals surface area contributed by atoms with E-state index >= 15 is 0 Å². The lowest BCUT2D eigenvalue weighted by Crippen LogP contribution is -2.50. The second-order valence-electron chi connectivity index (χ2n) is 8.60. The highest BCUT2D eigenvalue weighted by Crippen LogP contribution is 2.37. The fourth-order valence-electron chi connectivity index (χ4n) is 3.96. The van der Waals surface area contributed by atoms with Crippen LogP contribution in [0.2, 0.25) is 0 Å². The fraction of sp³-hybridized carbons (Fsp3) is 0.889. The van der Waals surface area contributed by atoms with Crippen LogP contribution in [0.3, 0.4) is 0 Å². The van der Waals surface area contributed by atoms with E-state index in [9.17, 15) is 9.59 Å². The van der Waals surface area contributed by atoms with E-state index < -0.39 is 23.6 Å². The van der Waals surface area contributed by atoms with Gasteiger partial charge in [-0.2, -0.15) is 0 Å². The van der Waals surface area contributed by atoms with E-state index in [-0.39, 0.29) is 12.0 Å². The number of carbonyl (C=O) groups excluding carboxylic acids is 2. The van der Waals surface area contributed by atoms with Crippen molar-refractivity contribution in [3.05, 3.63) is 0 Å². The Balaban J connectivity index is 2.15. The van der Waals surface area contributed by atoms with E-state index in [0.29, 0.717) is 25.0 Å². The molecule has 0 bridgehead atoms. The number of hydrogen-bond donors (Lipinski definition) is 1. The highest BCUT2D eigenvalue weighted by atomic mass is 16.6. The lowest BCUT2D eigenvalue weighted by atomic mass is 9.85. The quantitative estimate of drug-likeness (QED) is 0.856. The van der Waals surface area contributed by atoms with E-state index in [0.717, 1.165) is 19.3 Å². The topological polar surface area (TPSA) is 81.9 Å². The summed E-state index contributed by atoms with van der Waals surface area (Å²) in [6, 6.07) is -0.734. The van der Waals surface area contributed by atoms with Gasteiger partial charge in [0.2, 0.25) is 5.91 Å². The maximum Gasteiger partial charge on any atom is 0.411 e. The first kappa shape index (κ1) is 19.0. The van der Waals surface area contributed by atoms with Gasteiger partial charge in [-0.15, -0.1) is 0 Å². The Labute approximate surface area is 145 Å². The van der Waals surface area contributed by atoms with Crippen molar-refractivity contribution in [2.24, 2.45) is 23.5 Å². The smallest absolute Gasteiger partial charge is 0.411 e. The number of nitrogens with zero attached hydrogens (tertiary/aromatic N) is 1.